The maximum atomic E-state index is 11.6. The van der Waals surface area contributed by atoms with E-state index >= 15 is 0 Å². The topological polar surface area (TPSA) is 76.7 Å². The third-order valence-electron chi connectivity index (χ3n) is 2.65. The molecule has 0 aliphatic rings. The lowest BCUT2D eigenvalue weighted by Gasteiger charge is -2.09. The third kappa shape index (κ3) is 3.13. The van der Waals surface area contributed by atoms with Gasteiger partial charge in [-0.25, -0.2) is 9.89 Å². The molecule has 0 spiro atoms. The van der Waals surface area contributed by atoms with Crippen molar-refractivity contribution in [2.45, 2.75) is 30.8 Å². The smallest absolute Gasteiger partial charge is 0.344 e. The number of benzene rings is 1. The predicted molar refractivity (Wildman–Crippen MR) is 78.7 cm³/mol. The molecule has 0 bridgehead atoms. The quantitative estimate of drug-likeness (QED) is 0.672. The van der Waals surface area contributed by atoms with Gasteiger partial charge in [-0.1, -0.05) is 23.4 Å². The largest absolute Gasteiger partial charge is 0.398 e. The summed E-state index contributed by atoms with van der Waals surface area (Å²) in [4.78, 5) is 11.6. The summed E-state index contributed by atoms with van der Waals surface area (Å²) in [5, 5.41) is 7.78. The molecule has 0 amide bonds. The molecule has 102 valence electrons. The summed E-state index contributed by atoms with van der Waals surface area (Å²) >= 11 is 7.40. The van der Waals surface area contributed by atoms with Gasteiger partial charge >= 0.3 is 5.69 Å². The van der Waals surface area contributed by atoms with Crippen molar-refractivity contribution >= 4 is 29.1 Å². The number of nitrogens with two attached hydrogens (primary N) is 1. The van der Waals surface area contributed by atoms with Crippen LogP contribution in [-0.4, -0.2) is 14.8 Å². The van der Waals surface area contributed by atoms with Gasteiger partial charge in [0.25, 0.3) is 0 Å². The fourth-order valence-electron chi connectivity index (χ4n) is 1.69. The molecule has 1 heterocycles. The summed E-state index contributed by atoms with van der Waals surface area (Å²) in [6.45, 7) is 3.88. The Kier molecular flexibility index (Phi) is 4.21. The van der Waals surface area contributed by atoms with Crippen LogP contribution < -0.4 is 11.4 Å². The zero-order valence-corrected chi connectivity index (χ0v) is 12.3. The molecule has 0 aliphatic carbocycles. The van der Waals surface area contributed by atoms with Gasteiger partial charge < -0.3 is 5.73 Å². The summed E-state index contributed by atoms with van der Waals surface area (Å²) < 4.78 is 1.62. The molecule has 2 rings (SSSR count). The van der Waals surface area contributed by atoms with Gasteiger partial charge in [0.15, 0.2) is 5.16 Å². The Morgan fingerprint density at radius 2 is 2.26 bits per heavy atom. The number of aromatic nitrogens is 3. The van der Waals surface area contributed by atoms with Gasteiger partial charge in [-0.05, 0) is 37.6 Å². The van der Waals surface area contributed by atoms with Crippen LogP contribution in [0.15, 0.2) is 28.2 Å². The number of hydrogen-bond donors (Lipinski definition) is 2. The fourth-order valence-corrected chi connectivity index (χ4v) is 2.96. The molecule has 2 aromatic rings. The van der Waals surface area contributed by atoms with Gasteiger partial charge in [-0.2, -0.15) is 0 Å². The first-order valence-corrected chi connectivity index (χ1v) is 7.19. The van der Waals surface area contributed by atoms with Crippen LogP contribution in [0.1, 0.15) is 25.5 Å². The summed E-state index contributed by atoms with van der Waals surface area (Å²) in [5.41, 5.74) is 7.31. The van der Waals surface area contributed by atoms with E-state index in [9.17, 15) is 4.79 Å². The first-order chi connectivity index (χ1) is 8.99. The lowest BCUT2D eigenvalue weighted by atomic mass is 10.2. The molecule has 0 saturated carbocycles. The van der Waals surface area contributed by atoms with Gasteiger partial charge in [0.05, 0.1) is 0 Å². The van der Waals surface area contributed by atoms with Crippen LogP contribution in [0.5, 0.6) is 0 Å². The van der Waals surface area contributed by atoms with Crippen molar-refractivity contribution < 1.29 is 0 Å². The van der Waals surface area contributed by atoms with Crippen molar-refractivity contribution in [2.75, 3.05) is 5.73 Å². The second kappa shape index (κ2) is 5.71. The van der Waals surface area contributed by atoms with Crippen molar-refractivity contribution in [3.63, 3.8) is 0 Å². The van der Waals surface area contributed by atoms with Crippen LogP contribution in [-0.2, 0) is 5.75 Å². The van der Waals surface area contributed by atoms with Crippen molar-refractivity contribution in [1.82, 2.24) is 14.8 Å². The standard InChI is InChI=1S/C12H15ClN4OS/c1-7(2)17-11(18)15-16-12(17)19-6-8-5-9(13)3-4-10(8)14/h3-5,7H,6,14H2,1-2H3,(H,15,18). The number of nitrogens with one attached hydrogen (secondary N) is 1. The molecule has 19 heavy (non-hydrogen) atoms. The highest BCUT2D eigenvalue weighted by Crippen LogP contribution is 2.26. The maximum absolute atomic E-state index is 11.6. The number of aromatic amines is 1. The summed E-state index contributed by atoms with van der Waals surface area (Å²) in [6, 6.07) is 5.42. The number of hydrogen-bond acceptors (Lipinski definition) is 4. The summed E-state index contributed by atoms with van der Waals surface area (Å²) in [7, 11) is 0. The minimum atomic E-state index is -0.198. The highest BCUT2D eigenvalue weighted by molar-refractivity contribution is 7.98. The highest BCUT2D eigenvalue weighted by Gasteiger charge is 2.12. The molecule has 0 radical (unpaired) electrons. The number of anilines is 1. The van der Waals surface area contributed by atoms with Gasteiger partial charge in [0.2, 0.25) is 0 Å². The van der Waals surface area contributed by atoms with E-state index in [0.717, 1.165) is 5.56 Å². The Balaban J connectivity index is 2.19. The van der Waals surface area contributed by atoms with E-state index in [4.69, 9.17) is 17.3 Å². The second-order valence-electron chi connectivity index (χ2n) is 4.41. The van der Waals surface area contributed by atoms with Crippen LogP contribution in [0.2, 0.25) is 5.02 Å². The van der Waals surface area contributed by atoms with Gasteiger partial charge in [-0.15, -0.1) is 5.10 Å². The molecule has 0 unspecified atom stereocenters. The van der Waals surface area contributed by atoms with Crippen molar-refractivity contribution in [3.05, 3.63) is 39.3 Å². The van der Waals surface area contributed by atoms with Crippen LogP contribution in [0.25, 0.3) is 0 Å². The Bertz CT molecular complexity index is 635. The van der Waals surface area contributed by atoms with Gasteiger partial charge in [0.1, 0.15) is 0 Å². The molecule has 1 aromatic carbocycles. The molecule has 5 nitrogen and oxygen atoms in total. The van der Waals surface area contributed by atoms with Crippen LogP contribution in [0.4, 0.5) is 5.69 Å². The zero-order chi connectivity index (χ0) is 14.0. The van der Waals surface area contributed by atoms with Crippen LogP contribution in [0, 0.1) is 0 Å². The van der Waals surface area contributed by atoms with Crippen molar-refractivity contribution in [1.29, 1.82) is 0 Å². The molecule has 1 aromatic heterocycles. The normalized spacial score (nSPS) is 11.2. The monoisotopic (exact) mass is 298 g/mol. The predicted octanol–water partition coefficient (Wildman–Crippen LogP) is 2.68. The molecule has 0 atom stereocenters. The van der Waals surface area contributed by atoms with E-state index in [2.05, 4.69) is 10.2 Å². The van der Waals surface area contributed by atoms with E-state index in [0.29, 0.717) is 21.6 Å². The third-order valence-corrected chi connectivity index (χ3v) is 3.89. The first kappa shape index (κ1) is 14.0. The minimum Gasteiger partial charge on any atom is -0.398 e. The average Bonchev–Trinajstić information content (AvgIpc) is 2.72. The maximum Gasteiger partial charge on any atom is 0.344 e. The minimum absolute atomic E-state index is 0.0606. The van der Waals surface area contributed by atoms with Crippen LogP contribution in [0.3, 0.4) is 0 Å². The van der Waals surface area contributed by atoms with E-state index in [1.165, 1.54) is 11.8 Å². The van der Waals surface area contributed by atoms with Crippen LogP contribution >= 0.6 is 23.4 Å². The number of thioether (sulfide) groups is 1. The molecule has 3 N–H and O–H groups in total. The summed E-state index contributed by atoms with van der Waals surface area (Å²) in [6.07, 6.45) is 0. The zero-order valence-electron chi connectivity index (χ0n) is 10.7. The van der Waals surface area contributed by atoms with Crippen molar-refractivity contribution in [2.24, 2.45) is 0 Å². The Labute approximate surface area is 120 Å². The van der Waals surface area contributed by atoms with E-state index < -0.39 is 0 Å². The number of halogens is 1. The molecular formula is C12H15ClN4OS. The number of nitrogens with zero attached hydrogens (tertiary/aromatic N) is 2. The number of nitrogen functional groups attached to an aromatic ring is 1. The summed E-state index contributed by atoms with van der Waals surface area (Å²) in [5.74, 6) is 0.614. The lowest BCUT2D eigenvalue weighted by molar-refractivity contribution is 0.534. The van der Waals surface area contributed by atoms with E-state index in [1.807, 2.05) is 19.9 Å². The SMILES string of the molecule is CC(C)n1c(SCc2cc(Cl)ccc2N)n[nH]c1=O. The number of H-pyrrole nitrogens is 1. The lowest BCUT2D eigenvalue weighted by Crippen LogP contribution is -2.19. The molecule has 7 heteroatoms. The fraction of sp³-hybridized carbons (Fsp3) is 0.333. The van der Waals surface area contributed by atoms with Gasteiger partial charge in [0, 0.05) is 22.5 Å². The first-order valence-electron chi connectivity index (χ1n) is 5.82. The van der Waals surface area contributed by atoms with Crippen molar-refractivity contribution in [3.8, 4) is 0 Å². The van der Waals surface area contributed by atoms with E-state index in [-0.39, 0.29) is 11.7 Å². The average molecular weight is 299 g/mol. The molecule has 0 aliphatic heterocycles. The molecular weight excluding hydrogens is 284 g/mol. The number of rotatable bonds is 4. The van der Waals surface area contributed by atoms with E-state index in [1.54, 1.807) is 16.7 Å². The molecule has 0 fully saturated rings. The second-order valence-corrected chi connectivity index (χ2v) is 5.79. The molecule has 0 saturated heterocycles. The van der Waals surface area contributed by atoms with Gasteiger partial charge in [-0.3, -0.25) is 4.57 Å². The Morgan fingerprint density at radius 1 is 1.53 bits per heavy atom. The highest BCUT2D eigenvalue weighted by atomic mass is 35.5. The Morgan fingerprint density at radius 3 is 2.95 bits per heavy atom. The Hall–Kier alpha value is -1.40.